The Morgan fingerprint density at radius 3 is 2.41 bits per heavy atom. The molecule has 1 heterocycles. The summed E-state index contributed by atoms with van der Waals surface area (Å²) in [5, 5.41) is 3.06. The number of nitrogens with one attached hydrogen (secondary N) is 1. The molecule has 0 aromatic heterocycles. The van der Waals surface area contributed by atoms with E-state index in [2.05, 4.69) is 10.2 Å². The van der Waals surface area contributed by atoms with E-state index in [1.165, 1.54) is 5.56 Å². The number of ether oxygens (including phenoxy) is 2. The molecular formula is C22H28N2O3. The third-order valence-corrected chi connectivity index (χ3v) is 4.76. The van der Waals surface area contributed by atoms with Gasteiger partial charge in [-0.05, 0) is 49.2 Å². The molecular weight excluding hydrogens is 340 g/mol. The first-order valence-electron chi connectivity index (χ1n) is 9.58. The largest absolute Gasteiger partial charge is 0.494 e. The van der Waals surface area contributed by atoms with Crippen molar-refractivity contribution in [3.05, 3.63) is 65.2 Å². The maximum Gasteiger partial charge on any atom is 0.251 e. The van der Waals surface area contributed by atoms with Gasteiger partial charge in [-0.2, -0.15) is 0 Å². The van der Waals surface area contributed by atoms with Gasteiger partial charge in [0.25, 0.3) is 5.91 Å². The van der Waals surface area contributed by atoms with E-state index in [1.54, 1.807) is 0 Å². The van der Waals surface area contributed by atoms with Crippen molar-refractivity contribution in [2.75, 3.05) is 32.9 Å². The predicted molar refractivity (Wildman–Crippen MR) is 106 cm³/mol. The fourth-order valence-corrected chi connectivity index (χ4v) is 3.16. The van der Waals surface area contributed by atoms with Crippen LogP contribution in [0.1, 0.15) is 41.4 Å². The Bertz CT molecular complexity index is 722. The van der Waals surface area contributed by atoms with Gasteiger partial charge in [0.05, 0.1) is 25.9 Å². The summed E-state index contributed by atoms with van der Waals surface area (Å²) in [5.41, 5.74) is 2.95. The summed E-state index contributed by atoms with van der Waals surface area (Å²) in [4.78, 5) is 14.9. The third-order valence-electron chi connectivity index (χ3n) is 4.76. The highest BCUT2D eigenvalue weighted by Gasteiger charge is 2.13. The molecule has 27 heavy (non-hydrogen) atoms. The summed E-state index contributed by atoms with van der Waals surface area (Å²) in [6, 6.07) is 15.6. The van der Waals surface area contributed by atoms with E-state index < -0.39 is 0 Å². The number of hydrogen-bond donors (Lipinski definition) is 1. The number of morpholine rings is 1. The molecule has 1 atom stereocenters. The van der Waals surface area contributed by atoms with Crippen LogP contribution in [-0.4, -0.2) is 43.7 Å². The highest BCUT2D eigenvalue weighted by Crippen LogP contribution is 2.18. The first-order valence-corrected chi connectivity index (χ1v) is 9.58. The number of rotatable bonds is 7. The average Bonchev–Trinajstić information content (AvgIpc) is 2.70. The van der Waals surface area contributed by atoms with Gasteiger partial charge in [-0.25, -0.2) is 0 Å². The topological polar surface area (TPSA) is 50.8 Å². The normalized spacial score (nSPS) is 15.9. The van der Waals surface area contributed by atoms with Crippen LogP contribution in [0.15, 0.2) is 48.5 Å². The van der Waals surface area contributed by atoms with Crippen LogP contribution in [0.5, 0.6) is 5.75 Å². The molecule has 1 N–H and O–H groups in total. The Labute approximate surface area is 161 Å². The fraction of sp³-hybridized carbons (Fsp3) is 0.409. The molecule has 3 rings (SSSR count). The van der Waals surface area contributed by atoms with Crippen molar-refractivity contribution in [1.29, 1.82) is 0 Å². The van der Waals surface area contributed by atoms with Crippen LogP contribution in [-0.2, 0) is 11.3 Å². The summed E-state index contributed by atoms with van der Waals surface area (Å²) in [6.07, 6.45) is 0. The number of amides is 1. The van der Waals surface area contributed by atoms with Gasteiger partial charge in [0, 0.05) is 25.2 Å². The zero-order chi connectivity index (χ0) is 19.1. The van der Waals surface area contributed by atoms with Crippen molar-refractivity contribution in [3.8, 4) is 5.75 Å². The molecule has 0 radical (unpaired) electrons. The maximum atomic E-state index is 12.5. The van der Waals surface area contributed by atoms with Gasteiger partial charge >= 0.3 is 0 Å². The van der Waals surface area contributed by atoms with Gasteiger partial charge in [0.2, 0.25) is 0 Å². The minimum absolute atomic E-state index is 0.0608. The molecule has 1 amide bonds. The number of carbonyl (C=O) groups is 1. The first kappa shape index (κ1) is 19.4. The molecule has 0 aliphatic carbocycles. The average molecular weight is 368 g/mol. The zero-order valence-corrected chi connectivity index (χ0v) is 16.1. The maximum absolute atomic E-state index is 12.5. The van der Waals surface area contributed by atoms with Crippen LogP contribution in [0, 0.1) is 0 Å². The van der Waals surface area contributed by atoms with Crippen molar-refractivity contribution >= 4 is 5.91 Å². The van der Waals surface area contributed by atoms with E-state index in [0.717, 1.165) is 44.2 Å². The number of carbonyl (C=O) groups excluding carboxylic acids is 1. The molecule has 0 spiro atoms. The monoisotopic (exact) mass is 368 g/mol. The number of benzene rings is 2. The summed E-state index contributed by atoms with van der Waals surface area (Å²) in [5.74, 6) is 0.782. The van der Waals surface area contributed by atoms with Crippen molar-refractivity contribution in [2.45, 2.75) is 26.4 Å². The Balaban J connectivity index is 1.55. The molecule has 0 bridgehead atoms. The lowest BCUT2D eigenvalue weighted by atomic mass is 10.1. The van der Waals surface area contributed by atoms with Gasteiger partial charge in [-0.1, -0.05) is 24.3 Å². The molecule has 1 saturated heterocycles. The van der Waals surface area contributed by atoms with E-state index in [4.69, 9.17) is 9.47 Å². The smallest absolute Gasteiger partial charge is 0.251 e. The van der Waals surface area contributed by atoms with Crippen LogP contribution < -0.4 is 10.1 Å². The highest BCUT2D eigenvalue weighted by atomic mass is 16.5. The lowest BCUT2D eigenvalue weighted by molar-refractivity contribution is 0.0342. The SMILES string of the molecule is CCOc1ccc([C@@H](C)NC(=O)c2ccc(CN3CCOCC3)cc2)cc1. The molecule has 1 aliphatic rings. The molecule has 2 aromatic rings. The van der Waals surface area contributed by atoms with E-state index in [-0.39, 0.29) is 11.9 Å². The molecule has 1 aliphatic heterocycles. The minimum Gasteiger partial charge on any atom is -0.494 e. The van der Waals surface area contributed by atoms with Crippen molar-refractivity contribution in [1.82, 2.24) is 10.2 Å². The molecule has 144 valence electrons. The zero-order valence-electron chi connectivity index (χ0n) is 16.1. The quantitative estimate of drug-likeness (QED) is 0.814. The lowest BCUT2D eigenvalue weighted by Gasteiger charge is -2.26. The molecule has 2 aromatic carbocycles. The van der Waals surface area contributed by atoms with Gasteiger partial charge in [0.1, 0.15) is 5.75 Å². The fourth-order valence-electron chi connectivity index (χ4n) is 3.16. The molecule has 0 saturated carbocycles. The number of hydrogen-bond acceptors (Lipinski definition) is 4. The van der Waals surface area contributed by atoms with E-state index in [9.17, 15) is 4.79 Å². The predicted octanol–water partition coefficient (Wildman–Crippen LogP) is 3.41. The molecule has 5 nitrogen and oxygen atoms in total. The Morgan fingerprint density at radius 2 is 1.78 bits per heavy atom. The Kier molecular flexibility index (Phi) is 6.85. The van der Waals surface area contributed by atoms with Crippen LogP contribution in [0.2, 0.25) is 0 Å². The van der Waals surface area contributed by atoms with Crippen LogP contribution in [0.3, 0.4) is 0 Å². The van der Waals surface area contributed by atoms with Gasteiger partial charge in [0.15, 0.2) is 0 Å². The highest BCUT2D eigenvalue weighted by molar-refractivity contribution is 5.94. The van der Waals surface area contributed by atoms with E-state index in [1.807, 2.05) is 62.4 Å². The summed E-state index contributed by atoms with van der Waals surface area (Å²) < 4.78 is 10.8. The molecule has 1 fully saturated rings. The Morgan fingerprint density at radius 1 is 1.11 bits per heavy atom. The van der Waals surface area contributed by atoms with Crippen LogP contribution in [0.4, 0.5) is 0 Å². The standard InChI is InChI=1S/C22H28N2O3/c1-3-27-21-10-8-19(9-11-21)17(2)23-22(25)20-6-4-18(5-7-20)16-24-12-14-26-15-13-24/h4-11,17H,3,12-16H2,1-2H3,(H,23,25)/t17-/m1/s1. The Hall–Kier alpha value is -2.37. The second-order valence-electron chi connectivity index (χ2n) is 6.78. The second kappa shape index (κ2) is 9.53. The molecule has 0 unspecified atom stereocenters. The van der Waals surface area contributed by atoms with Crippen LogP contribution in [0.25, 0.3) is 0 Å². The molecule has 5 heteroatoms. The van der Waals surface area contributed by atoms with Crippen LogP contribution >= 0.6 is 0 Å². The summed E-state index contributed by atoms with van der Waals surface area (Å²) >= 11 is 0. The van der Waals surface area contributed by atoms with Gasteiger partial charge in [-0.15, -0.1) is 0 Å². The minimum atomic E-state index is -0.0683. The summed E-state index contributed by atoms with van der Waals surface area (Å²) in [6.45, 7) is 9.00. The first-order chi connectivity index (χ1) is 13.2. The lowest BCUT2D eigenvalue weighted by Crippen LogP contribution is -2.35. The van der Waals surface area contributed by atoms with E-state index >= 15 is 0 Å². The van der Waals surface area contributed by atoms with Gasteiger partial charge < -0.3 is 14.8 Å². The van der Waals surface area contributed by atoms with Crippen molar-refractivity contribution < 1.29 is 14.3 Å². The van der Waals surface area contributed by atoms with Crippen molar-refractivity contribution in [2.24, 2.45) is 0 Å². The third kappa shape index (κ3) is 5.55. The van der Waals surface area contributed by atoms with E-state index in [0.29, 0.717) is 12.2 Å². The van der Waals surface area contributed by atoms with Crippen molar-refractivity contribution in [3.63, 3.8) is 0 Å². The number of nitrogens with zero attached hydrogens (tertiary/aromatic N) is 1. The summed E-state index contributed by atoms with van der Waals surface area (Å²) in [7, 11) is 0. The van der Waals surface area contributed by atoms with Gasteiger partial charge in [-0.3, -0.25) is 9.69 Å². The second-order valence-corrected chi connectivity index (χ2v) is 6.78.